The van der Waals surface area contributed by atoms with Crippen LogP contribution in [-0.2, 0) is 0 Å². The van der Waals surface area contributed by atoms with Crippen LogP contribution in [0.2, 0.25) is 5.02 Å². The minimum Gasteiger partial charge on any atom is -0.391 e. The molecule has 1 fully saturated rings. The molecule has 1 aliphatic heterocycles. The molecular weight excluding hydrogens is 230 g/mol. The highest BCUT2D eigenvalue weighted by atomic mass is 35.5. The Labute approximate surface area is 98.2 Å². The molecule has 0 spiro atoms. The van der Waals surface area contributed by atoms with E-state index < -0.39 is 0 Å². The molecule has 0 saturated carbocycles. The van der Waals surface area contributed by atoms with Crippen LogP contribution in [-0.4, -0.2) is 41.7 Å². The van der Waals surface area contributed by atoms with E-state index in [0.717, 1.165) is 6.54 Å². The van der Waals surface area contributed by atoms with Gasteiger partial charge in [0.05, 0.1) is 11.1 Å². The Hall–Kier alpha value is -1.04. The maximum Gasteiger partial charge on any atom is 0.267 e. The fraction of sp³-hybridized carbons (Fsp3) is 0.500. The van der Waals surface area contributed by atoms with Crippen molar-refractivity contribution in [2.45, 2.75) is 6.10 Å². The molecule has 4 N–H and O–H groups in total. The Balaban J connectivity index is 1.84. The summed E-state index contributed by atoms with van der Waals surface area (Å²) in [4.78, 5) is 14.4. The first-order valence-corrected chi connectivity index (χ1v) is 5.55. The lowest BCUT2D eigenvalue weighted by Gasteiger charge is -2.13. The first-order valence-electron chi connectivity index (χ1n) is 5.17. The number of aliphatic hydroxyl groups is 1. The zero-order valence-corrected chi connectivity index (χ0v) is 9.42. The summed E-state index contributed by atoms with van der Waals surface area (Å²) < 4.78 is 0. The van der Waals surface area contributed by atoms with E-state index in [0.29, 0.717) is 23.8 Å². The number of rotatable bonds is 3. The number of hydrogen-bond acceptors (Lipinski definition) is 3. The first kappa shape index (κ1) is 11.4. The van der Waals surface area contributed by atoms with Crippen LogP contribution in [0, 0.1) is 5.92 Å². The molecule has 88 valence electrons. The minimum atomic E-state index is -0.382. The largest absolute Gasteiger partial charge is 0.391 e. The number of aliphatic hydroxyl groups excluding tert-OH is 1. The van der Waals surface area contributed by atoms with Crippen LogP contribution in [0.5, 0.6) is 0 Å². The molecule has 0 bridgehead atoms. The Bertz CT molecular complexity index is 380. The fourth-order valence-corrected chi connectivity index (χ4v) is 1.91. The molecule has 1 aromatic heterocycles. The summed E-state index contributed by atoms with van der Waals surface area (Å²) in [5.41, 5.74) is 0.436. The second kappa shape index (κ2) is 4.86. The normalized spacial score (nSPS) is 24.6. The Morgan fingerprint density at radius 1 is 1.62 bits per heavy atom. The lowest BCUT2D eigenvalue weighted by molar-refractivity contribution is 0.0923. The SMILES string of the molecule is O=C(NCC1CNCC1O)c1cc(Cl)c[nH]1. The molecule has 1 aromatic rings. The summed E-state index contributed by atoms with van der Waals surface area (Å²) in [5.74, 6) is -0.125. The third-order valence-electron chi connectivity index (χ3n) is 2.72. The second-order valence-electron chi connectivity index (χ2n) is 3.93. The van der Waals surface area contributed by atoms with E-state index in [2.05, 4.69) is 15.6 Å². The maximum absolute atomic E-state index is 11.6. The maximum atomic E-state index is 11.6. The quantitative estimate of drug-likeness (QED) is 0.603. The number of nitrogens with one attached hydrogen (secondary N) is 3. The van der Waals surface area contributed by atoms with Gasteiger partial charge in [-0.3, -0.25) is 4.79 Å². The average Bonchev–Trinajstić information content (AvgIpc) is 2.84. The van der Waals surface area contributed by atoms with Gasteiger partial charge in [0.25, 0.3) is 5.91 Å². The number of amides is 1. The van der Waals surface area contributed by atoms with Crippen molar-refractivity contribution in [2.24, 2.45) is 5.92 Å². The number of halogens is 1. The fourth-order valence-electron chi connectivity index (χ4n) is 1.75. The summed E-state index contributed by atoms with van der Waals surface area (Å²) >= 11 is 5.69. The summed E-state index contributed by atoms with van der Waals surface area (Å²) in [7, 11) is 0. The number of carbonyl (C=O) groups excluding carboxylic acids is 1. The molecule has 16 heavy (non-hydrogen) atoms. The topological polar surface area (TPSA) is 77.2 Å². The molecule has 0 aliphatic carbocycles. The van der Waals surface area contributed by atoms with E-state index >= 15 is 0 Å². The third kappa shape index (κ3) is 2.55. The number of aromatic nitrogens is 1. The molecular formula is C10H14ClN3O2. The van der Waals surface area contributed by atoms with Gasteiger partial charge in [-0.25, -0.2) is 0 Å². The van der Waals surface area contributed by atoms with Crippen LogP contribution in [0.4, 0.5) is 0 Å². The third-order valence-corrected chi connectivity index (χ3v) is 2.94. The molecule has 0 radical (unpaired) electrons. The van der Waals surface area contributed by atoms with Crippen molar-refractivity contribution in [1.29, 1.82) is 0 Å². The number of hydrogen-bond donors (Lipinski definition) is 4. The van der Waals surface area contributed by atoms with Gasteiger partial charge in [0.1, 0.15) is 5.69 Å². The molecule has 2 rings (SSSR count). The van der Waals surface area contributed by atoms with Crippen LogP contribution in [0.1, 0.15) is 10.5 Å². The highest BCUT2D eigenvalue weighted by Crippen LogP contribution is 2.10. The minimum absolute atomic E-state index is 0.0781. The van der Waals surface area contributed by atoms with Crippen molar-refractivity contribution >= 4 is 17.5 Å². The van der Waals surface area contributed by atoms with Crippen molar-refractivity contribution in [3.63, 3.8) is 0 Å². The molecule has 2 heterocycles. The summed E-state index contributed by atoms with van der Waals surface area (Å²) in [5, 5.41) is 15.9. The monoisotopic (exact) mass is 243 g/mol. The van der Waals surface area contributed by atoms with Gasteiger partial charge in [0, 0.05) is 31.7 Å². The van der Waals surface area contributed by atoms with Crippen LogP contribution >= 0.6 is 11.6 Å². The van der Waals surface area contributed by atoms with Crippen molar-refractivity contribution in [1.82, 2.24) is 15.6 Å². The predicted molar refractivity (Wildman–Crippen MR) is 60.5 cm³/mol. The highest BCUT2D eigenvalue weighted by molar-refractivity contribution is 6.30. The van der Waals surface area contributed by atoms with E-state index in [1.54, 1.807) is 12.3 Å². The Kier molecular flexibility index (Phi) is 3.48. The average molecular weight is 244 g/mol. The molecule has 2 atom stereocenters. The predicted octanol–water partition coefficient (Wildman–Crippen LogP) is -0.0218. The van der Waals surface area contributed by atoms with Gasteiger partial charge >= 0.3 is 0 Å². The van der Waals surface area contributed by atoms with Gasteiger partial charge in [-0.1, -0.05) is 11.6 Å². The van der Waals surface area contributed by atoms with Crippen LogP contribution in [0.15, 0.2) is 12.3 Å². The van der Waals surface area contributed by atoms with Gasteiger partial charge in [0.2, 0.25) is 0 Å². The van der Waals surface area contributed by atoms with E-state index in [4.69, 9.17) is 11.6 Å². The Morgan fingerprint density at radius 3 is 3.00 bits per heavy atom. The zero-order valence-electron chi connectivity index (χ0n) is 8.66. The molecule has 6 heteroatoms. The molecule has 1 aliphatic rings. The van der Waals surface area contributed by atoms with Crippen LogP contribution in [0.25, 0.3) is 0 Å². The van der Waals surface area contributed by atoms with E-state index in [1.807, 2.05) is 0 Å². The number of β-amino-alcohol motifs (C(OH)–C–C–N with tert-alkyl or cyclic N) is 1. The van der Waals surface area contributed by atoms with Gasteiger partial charge in [-0.05, 0) is 6.07 Å². The number of aromatic amines is 1. The van der Waals surface area contributed by atoms with Crippen molar-refractivity contribution in [2.75, 3.05) is 19.6 Å². The van der Waals surface area contributed by atoms with E-state index in [9.17, 15) is 9.90 Å². The molecule has 1 saturated heterocycles. The molecule has 0 aromatic carbocycles. The van der Waals surface area contributed by atoms with Gasteiger partial charge in [0.15, 0.2) is 0 Å². The van der Waals surface area contributed by atoms with E-state index in [1.165, 1.54) is 0 Å². The summed E-state index contributed by atoms with van der Waals surface area (Å²) in [6.45, 7) is 1.78. The zero-order chi connectivity index (χ0) is 11.5. The lowest BCUT2D eigenvalue weighted by Crippen LogP contribution is -2.34. The Morgan fingerprint density at radius 2 is 2.44 bits per heavy atom. The first-order chi connectivity index (χ1) is 7.66. The standard InChI is InChI=1S/C10H14ClN3O2/c11-7-1-8(13-4-7)10(16)14-3-6-2-12-5-9(6)15/h1,4,6,9,12-13,15H,2-3,5H2,(H,14,16). The summed E-state index contributed by atoms with van der Waals surface area (Å²) in [6.07, 6.45) is 1.18. The number of carbonyl (C=O) groups is 1. The van der Waals surface area contributed by atoms with Crippen molar-refractivity contribution in [3.8, 4) is 0 Å². The lowest BCUT2D eigenvalue weighted by atomic mass is 10.1. The molecule has 2 unspecified atom stereocenters. The van der Waals surface area contributed by atoms with Gasteiger partial charge < -0.3 is 20.7 Å². The van der Waals surface area contributed by atoms with E-state index in [-0.39, 0.29) is 17.9 Å². The van der Waals surface area contributed by atoms with Crippen LogP contribution < -0.4 is 10.6 Å². The van der Waals surface area contributed by atoms with Gasteiger partial charge in [-0.15, -0.1) is 0 Å². The number of H-pyrrole nitrogens is 1. The summed E-state index contributed by atoms with van der Waals surface area (Å²) in [6, 6.07) is 1.57. The van der Waals surface area contributed by atoms with Crippen molar-refractivity contribution in [3.05, 3.63) is 23.0 Å². The second-order valence-corrected chi connectivity index (χ2v) is 4.36. The molecule has 5 nitrogen and oxygen atoms in total. The van der Waals surface area contributed by atoms with Crippen molar-refractivity contribution < 1.29 is 9.90 Å². The smallest absolute Gasteiger partial charge is 0.267 e. The molecule has 1 amide bonds. The van der Waals surface area contributed by atoms with Crippen LogP contribution in [0.3, 0.4) is 0 Å². The van der Waals surface area contributed by atoms with Gasteiger partial charge in [-0.2, -0.15) is 0 Å². The highest BCUT2D eigenvalue weighted by Gasteiger charge is 2.25.